The van der Waals surface area contributed by atoms with Crippen molar-refractivity contribution in [2.45, 2.75) is 33.7 Å². The van der Waals surface area contributed by atoms with Crippen molar-refractivity contribution in [3.63, 3.8) is 0 Å². The highest BCUT2D eigenvalue weighted by atomic mass is 35.5. The van der Waals surface area contributed by atoms with E-state index in [1.165, 1.54) is 0 Å². The van der Waals surface area contributed by atoms with E-state index >= 15 is 0 Å². The fourth-order valence-corrected chi connectivity index (χ4v) is 2.27. The van der Waals surface area contributed by atoms with Gasteiger partial charge < -0.3 is 10.1 Å². The Morgan fingerprint density at radius 3 is 2.65 bits per heavy atom. The minimum Gasteiger partial charge on any atom is -0.487 e. The molecular weight excluding hydrogens is 293 g/mol. The molecule has 0 unspecified atom stereocenters. The lowest BCUT2D eigenvalue weighted by Crippen LogP contribution is -2.19. The van der Waals surface area contributed by atoms with E-state index in [1.807, 2.05) is 6.07 Å². The van der Waals surface area contributed by atoms with Gasteiger partial charge in [0.1, 0.15) is 12.4 Å². The van der Waals surface area contributed by atoms with E-state index in [1.54, 1.807) is 6.07 Å². The third kappa shape index (κ3) is 5.74. The maximum absolute atomic E-state index is 6.24. The van der Waals surface area contributed by atoms with Gasteiger partial charge in [0, 0.05) is 17.1 Å². The number of rotatable bonds is 8. The zero-order chi connectivity index (χ0) is 15.1. The predicted octanol–water partition coefficient (Wildman–Crippen LogP) is 5.08. The molecule has 1 aromatic carbocycles. The van der Waals surface area contributed by atoms with E-state index in [9.17, 15) is 0 Å². The first-order valence-corrected chi connectivity index (χ1v) is 7.67. The molecule has 2 nitrogen and oxygen atoms in total. The zero-order valence-electron chi connectivity index (χ0n) is 12.4. The van der Waals surface area contributed by atoms with Gasteiger partial charge >= 0.3 is 0 Å². The molecule has 0 atom stereocenters. The summed E-state index contributed by atoms with van der Waals surface area (Å²) in [7, 11) is 0. The van der Waals surface area contributed by atoms with Gasteiger partial charge in [0.15, 0.2) is 0 Å². The van der Waals surface area contributed by atoms with Crippen LogP contribution in [0.5, 0.6) is 5.75 Å². The quantitative estimate of drug-likeness (QED) is 0.675. The summed E-state index contributed by atoms with van der Waals surface area (Å²) in [5, 5.41) is 4.55. The van der Waals surface area contributed by atoms with E-state index < -0.39 is 0 Å². The van der Waals surface area contributed by atoms with Crippen molar-refractivity contribution < 1.29 is 4.74 Å². The van der Waals surface area contributed by atoms with Crippen molar-refractivity contribution in [1.82, 2.24) is 5.32 Å². The summed E-state index contributed by atoms with van der Waals surface area (Å²) in [5.41, 5.74) is 2.02. The van der Waals surface area contributed by atoms with Crippen LogP contribution in [0.25, 0.3) is 0 Å². The standard InChI is InChI=1S/C16H23Cl2NO/c1-5-12(4)10-20-16-13(9-19-8-11(2)3)6-14(17)7-15(16)18/h6-7,11,19H,4-5,8-10H2,1-3H3. The lowest BCUT2D eigenvalue weighted by atomic mass is 10.1. The Kier molecular flexibility index (Phi) is 7.42. The molecule has 4 heteroatoms. The number of hydrogen-bond donors (Lipinski definition) is 1. The molecule has 0 radical (unpaired) electrons. The van der Waals surface area contributed by atoms with Gasteiger partial charge in [-0.3, -0.25) is 0 Å². The maximum Gasteiger partial charge on any atom is 0.142 e. The number of hydrogen-bond acceptors (Lipinski definition) is 2. The van der Waals surface area contributed by atoms with Gasteiger partial charge in [0.05, 0.1) is 5.02 Å². The number of benzene rings is 1. The summed E-state index contributed by atoms with van der Waals surface area (Å²) < 4.78 is 5.80. The van der Waals surface area contributed by atoms with Gasteiger partial charge in [0.2, 0.25) is 0 Å². The van der Waals surface area contributed by atoms with Crippen LogP contribution >= 0.6 is 23.2 Å². The molecule has 0 amide bonds. The molecule has 1 rings (SSSR count). The van der Waals surface area contributed by atoms with Gasteiger partial charge in [-0.15, -0.1) is 0 Å². The molecule has 1 N–H and O–H groups in total. The highest BCUT2D eigenvalue weighted by Crippen LogP contribution is 2.32. The van der Waals surface area contributed by atoms with Crippen LogP contribution in [0, 0.1) is 5.92 Å². The van der Waals surface area contributed by atoms with Crippen molar-refractivity contribution in [3.05, 3.63) is 39.9 Å². The number of nitrogens with one attached hydrogen (secondary N) is 1. The first-order valence-electron chi connectivity index (χ1n) is 6.92. The molecule has 0 aliphatic heterocycles. The summed E-state index contributed by atoms with van der Waals surface area (Å²) in [4.78, 5) is 0. The van der Waals surface area contributed by atoms with Gasteiger partial charge in [-0.1, -0.05) is 50.6 Å². The molecule has 0 aromatic heterocycles. The van der Waals surface area contributed by atoms with Gasteiger partial charge in [-0.05, 0) is 36.6 Å². The van der Waals surface area contributed by atoms with Gasteiger partial charge in [-0.25, -0.2) is 0 Å². The van der Waals surface area contributed by atoms with E-state index in [-0.39, 0.29) is 0 Å². The normalized spacial score (nSPS) is 10.9. The van der Waals surface area contributed by atoms with Crippen molar-refractivity contribution in [2.75, 3.05) is 13.2 Å². The molecule has 0 heterocycles. The van der Waals surface area contributed by atoms with Crippen LogP contribution in [-0.4, -0.2) is 13.2 Å². The average molecular weight is 316 g/mol. The molecule has 0 saturated carbocycles. The minimum atomic E-state index is 0.481. The zero-order valence-corrected chi connectivity index (χ0v) is 13.9. The van der Waals surface area contributed by atoms with Crippen LogP contribution in [0.15, 0.2) is 24.3 Å². The summed E-state index contributed by atoms with van der Waals surface area (Å²) in [6, 6.07) is 3.60. The topological polar surface area (TPSA) is 21.3 Å². The monoisotopic (exact) mass is 315 g/mol. The molecule has 0 saturated heterocycles. The molecular formula is C16H23Cl2NO. The van der Waals surface area contributed by atoms with Crippen LogP contribution in [0.1, 0.15) is 32.8 Å². The van der Waals surface area contributed by atoms with E-state index in [0.717, 1.165) is 24.1 Å². The SMILES string of the molecule is C=C(CC)COc1c(Cl)cc(Cl)cc1CNCC(C)C. The number of ether oxygens (including phenoxy) is 1. The van der Waals surface area contributed by atoms with Crippen molar-refractivity contribution in [1.29, 1.82) is 0 Å². The first kappa shape index (κ1) is 17.4. The molecule has 0 aliphatic carbocycles. The smallest absolute Gasteiger partial charge is 0.142 e. The van der Waals surface area contributed by atoms with Crippen molar-refractivity contribution in [3.8, 4) is 5.75 Å². The van der Waals surface area contributed by atoms with Crippen LogP contribution in [0.3, 0.4) is 0 Å². The molecule has 0 spiro atoms. The second kappa shape index (κ2) is 8.56. The van der Waals surface area contributed by atoms with Crippen LogP contribution in [0.2, 0.25) is 10.0 Å². The Hall–Kier alpha value is -0.700. The third-order valence-electron chi connectivity index (χ3n) is 2.87. The Balaban J connectivity index is 2.81. The fraction of sp³-hybridized carbons (Fsp3) is 0.500. The molecule has 0 aliphatic rings. The van der Waals surface area contributed by atoms with E-state index in [2.05, 4.69) is 32.7 Å². The van der Waals surface area contributed by atoms with E-state index in [0.29, 0.717) is 34.9 Å². The summed E-state index contributed by atoms with van der Waals surface area (Å²) >= 11 is 12.3. The van der Waals surface area contributed by atoms with Crippen LogP contribution in [-0.2, 0) is 6.54 Å². The second-order valence-electron chi connectivity index (χ2n) is 5.29. The lowest BCUT2D eigenvalue weighted by molar-refractivity contribution is 0.344. The van der Waals surface area contributed by atoms with Crippen LogP contribution in [0.4, 0.5) is 0 Å². The summed E-state index contributed by atoms with van der Waals surface area (Å²) in [6.45, 7) is 12.4. The first-order chi connectivity index (χ1) is 9.43. The van der Waals surface area contributed by atoms with Gasteiger partial charge in [0.25, 0.3) is 0 Å². The summed E-state index contributed by atoms with van der Waals surface area (Å²) in [5.74, 6) is 1.29. The van der Waals surface area contributed by atoms with Crippen molar-refractivity contribution in [2.24, 2.45) is 5.92 Å². The Labute approximate surface area is 132 Å². The molecule has 112 valence electrons. The van der Waals surface area contributed by atoms with Crippen LogP contribution < -0.4 is 10.1 Å². The predicted molar refractivity (Wildman–Crippen MR) is 87.9 cm³/mol. The molecule has 0 bridgehead atoms. The molecule has 0 fully saturated rings. The molecule has 20 heavy (non-hydrogen) atoms. The largest absolute Gasteiger partial charge is 0.487 e. The lowest BCUT2D eigenvalue weighted by Gasteiger charge is -2.15. The highest BCUT2D eigenvalue weighted by molar-refractivity contribution is 6.35. The number of halogens is 2. The fourth-order valence-electron chi connectivity index (χ4n) is 1.68. The maximum atomic E-state index is 6.24. The molecule has 1 aromatic rings. The highest BCUT2D eigenvalue weighted by Gasteiger charge is 2.11. The third-order valence-corrected chi connectivity index (χ3v) is 3.37. The summed E-state index contributed by atoms with van der Waals surface area (Å²) in [6.07, 6.45) is 0.895. The Bertz CT molecular complexity index is 458. The Morgan fingerprint density at radius 1 is 1.35 bits per heavy atom. The van der Waals surface area contributed by atoms with E-state index in [4.69, 9.17) is 27.9 Å². The minimum absolute atomic E-state index is 0.481. The average Bonchev–Trinajstić information content (AvgIpc) is 2.36. The Morgan fingerprint density at radius 2 is 2.05 bits per heavy atom. The van der Waals surface area contributed by atoms with Crippen molar-refractivity contribution >= 4 is 23.2 Å². The van der Waals surface area contributed by atoms with Gasteiger partial charge in [-0.2, -0.15) is 0 Å². The second-order valence-corrected chi connectivity index (χ2v) is 6.14.